The topological polar surface area (TPSA) is 70.2 Å². The van der Waals surface area contributed by atoms with E-state index in [0.717, 1.165) is 37.8 Å². The average molecular weight is 419 g/mol. The summed E-state index contributed by atoms with van der Waals surface area (Å²) in [6.45, 7) is 0.443. The second-order valence-electron chi connectivity index (χ2n) is 7.42. The summed E-state index contributed by atoms with van der Waals surface area (Å²) < 4.78 is 40.6. The first-order valence-electron chi connectivity index (χ1n) is 9.95. The van der Waals surface area contributed by atoms with Gasteiger partial charge in [0.25, 0.3) is 5.91 Å². The third-order valence-corrected chi connectivity index (χ3v) is 5.14. The van der Waals surface area contributed by atoms with Crippen molar-refractivity contribution in [1.82, 2.24) is 5.32 Å². The van der Waals surface area contributed by atoms with Crippen molar-refractivity contribution in [3.05, 3.63) is 59.7 Å². The zero-order valence-corrected chi connectivity index (χ0v) is 16.4. The van der Waals surface area contributed by atoms with E-state index in [4.69, 9.17) is 0 Å². The Kier molecular flexibility index (Phi) is 6.97. The normalized spacial score (nSPS) is 14.8. The Morgan fingerprint density at radius 1 is 0.933 bits per heavy atom. The number of carbonyl (C=O) groups is 2. The summed E-state index contributed by atoms with van der Waals surface area (Å²) in [5, 5.41) is 7.40. The van der Waals surface area contributed by atoms with Gasteiger partial charge in [0.05, 0.1) is 11.3 Å². The van der Waals surface area contributed by atoms with Gasteiger partial charge in [-0.05, 0) is 49.1 Å². The van der Waals surface area contributed by atoms with Crippen LogP contribution < -0.4 is 16.0 Å². The molecular weight excluding hydrogens is 395 g/mol. The summed E-state index contributed by atoms with van der Waals surface area (Å²) in [6, 6.07) is 10.8. The van der Waals surface area contributed by atoms with Gasteiger partial charge in [0.2, 0.25) is 0 Å². The average Bonchev–Trinajstić information content (AvgIpc) is 2.74. The Hall–Kier alpha value is -3.03. The lowest BCUT2D eigenvalue weighted by molar-refractivity contribution is -0.136. The molecule has 30 heavy (non-hydrogen) atoms. The van der Waals surface area contributed by atoms with Crippen LogP contribution in [0.2, 0.25) is 0 Å². The molecule has 160 valence electrons. The van der Waals surface area contributed by atoms with Gasteiger partial charge < -0.3 is 16.0 Å². The lowest BCUT2D eigenvalue weighted by Crippen LogP contribution is -2.34. The number of hydrogen-bond acceptors (Lipinski definition) is 2. The maximum Gasteiger partial charge on any atom is 0.418 e. The molecule has 0 bridgehead atoms. The maximum atomic E-state index is 13.5. The molecule has 2 aromatic rings. The minimum absolute atomic E-state index is 0.00987. The van der Waals surface area contributed by atoms with Crippen LogP contribution in [0.25, 0.3) is 0 Å². The van der Waals surface area contributed by atoms with Crippen molar-refractivity contribution in [1.29, 1.82) is 0 Å². The van der Waals surface area contributed by atoms with E-state index in [2.05, 4.69) is 16.0 Å². The molecule has 1 aliphatic rings. The molecule has 2 aromatic carbocycles. The summed E-state index contributed by atoms with van der Waals surface area (Å²) in [7, 11) is 0. The zero-order valence-electron chi connectivity index (χ0n) is 16.4. The van der Waals surface area contributed by atoms with Crippen LogP contribution in [-0.4, -0.2) is 18.5 Å². The molecule has 1 fully saturated rings. The molecular formula is C22H24F3N3O2. The van der Waals surface area contributed by atoms with Gasteiger partial charge in [-0.2, -0.15) is 13.2 Å². The van der Waals surface area contributed by atoms with Crippen LogP contribution in [0.3, 0.4) is 0 Å². The Morgan fingerprint density at radius 2 is 1.63 bits per heavy atom. The molecule has 8 heteroatoms. The summed E-state index contributed by atoms with van der Waals surface area (Å²) in [5.74, 6) is -0.156. The zero-order chi connectivity index (χ0) is 21.6. The standard InChI is InChI=1S/C22H24F3N3O2/c23-22(24,25)18-13-17(27-20(29)16-9-5-2-6-10-16)11-12-19(18)28-21(30)26-14-15-7-3-1-4-8-15/h2,5-6,9-13,15H,1,3-4,7-8,14H2,(H,27,29)(H2,26,28,30). The van der Waals surface area contributed by atoms with Gasteiger partial charge in [0.1, 0.15) is 0 Å². The smallest absolute Gasteiger partial charge is 0.338 e. The van der Waals surface area contributed by atoms with Crippen molar-refractivity contribution < 1.29 is 22.8 Å². The van der Waals surface area contributed by atoms with Crippen LogP contribution in [-0.2, 0) is 6.18 Å². The lowest BCUT2D eigenvalue weighted by atomic mass is 9.89. The summed E-state index contributed by atoms with van der Waals surface area (Å²) in [5.41, 5.74) is -1.07. The number of rotatable bonds is 5. The third-order valence-electron chi connectivity index (χ3n) is 5.14. The number of benzene rings is 2. The Balaban J connectivity index is 1.68. The number of nitrogens with one attached hydrogen (secondary N) is 3. The lowest BCUT2D eigenvalue weighted by Gasteiger charge is -2.22. The highest BCUT2D eigenvalue weighted by Gasteiger charge is 2.34. The van der Waals surface area contributed by atoms with Gasteiger partial charge in [0.15, 0.2) is 0 Å². The largest absolute Gasteiger partial charge is 0.418 e. The van der Waals surface area contributed by atoms with E-state index in [1.54, 1.807) is 30.3 Å². The second kappa shape index (κ2) is 9.65. The Labute approximate surface area is 173 Å². The van der Waals surface area contributed by atoms with Crippen LogP contribution in [0, 0.1) is 5.92 Å². The van der Waals surface area contributed by atoms with E-state index in [-0.39, 0.29) is 11.4 Å². The Morgan fingerprint density at radius 3 is 2.30 bits per heavy atom. The van der Waals surface area contributed by atoms with E-state index < -0.39 is 23.7 Å². The molecule has 3 N–H and O–H groups in total. The monoisotopic (exact) mass is 419 g/mol. The molecule has 3 rings (SSSR count). The number of urea groups is 1. The highest BCUT2D eigenvalue weighted by molar-refractivity contribution is 6.04. The molecule has 0 aliphatic heterocycles. The van der Waals surface area contributed by atoms with Crippen molar-refractivity contribution in [2.45, 2.75) is 38.3 Å². The van der Waals surface area contributed by atoms with Gasteiger partial charge in [-0.25, -0.2) is 4.79 Å². The quantitative estimate of drug-likeness (QED) is 0.585. The van der Waals surface area contributed by atoms with Crippen LogP contribution in [0.1, 0.15) is 48.0 Å². The van der Waals surface area contributed by atoms with E-state index in [0.29, 0.717) is 18.0 Å². The maximum absolute atomic E-state index is 13.5. The van der Waals surface area contributed by atoms with Crippen molar-refractivity contribution in [3.63, 3.8) is 0 Å². The van der Waals surface area contributed by atoms with Crippen LogP contribution in [0.5, 0.6) is 0 Å². The van der Waals surface area contributed by atoms with Crippen LogP contribution >= 0.6 is 0 Å². The van der Waals surface area contributed by atoms with E-state index in [9.17, 15) is 22.8 Å². The summed E-state index contributed by atoms with van der Waals surface area (Å²) >= 11 is 0. The predicted molar refractivity (Wildman–Crippen MR) is 109 cm³/mol. The molecule has 0 heterocycles. The van der Waals surface area contributed by atoms with E-state index in [1.807, 2.05) is 0 Å². The van der Waals surface area contributed by atoms with Gasteiger partial charge in [-0.3, -0.25) is 4.79 Å². The number of carbonyl (C=O) groups excluding carboxylic acids is 2. The van der Waals surface area contributed by atoms with Gasteiger partial charge >= 0.3 is 12.2 Å². The Bertz CT molecular complexity index is 879. The molecule has 1 saturated carbocycles. The molecule has 0 atom stereocenters. The van der Waals surface area contributed by atoms with Crippen molar-refractivity contribution in [2.75, 3.05) is 17.2 Å². The first-order valence-corrected chi connectivity index (χ1v) is 9.95. The first kappa shape index (κ1) is 21.7. The van der Waals surface area contributed by atoms with Crippen molar-refractivity contribution in [3.8, 4) is 0 Å². The fourth-order valence-electron chi connectivity index (χ4n) is 3.55. The highest BCUT2D eigenvalue weighted by Crippen LogP contribution is 2.36. The van der Waals surface area contributed by atoms with E-state index in [1.165, 1.54) is 12.5 Å². The first-order chi connectivity index (χ1) is 14.3. The fourth-order valence-corrected chi connectivity index (χ4v) is 3.55. The van der Waals surface area contributed by atoms with Gasteiger partial charge in [-0.1, -0.05) is 37.5 Å². The number of amides is 3. The molecule has 0 spiro atoms. The number of anilines is 2. The van der Waals surface area contributed by atoms with Gasteiger partial charge in [-0.15, -0.1) is 0 Å². The molecule has 0 aromatic heterocycles. The van der Waals surface area contributed by atoms with Crippen molar-refractivity contribution in [2.24, 2.45) is 5.92 Å². The summed E-state index contributed by atoms with van der Waals surface area (Å²) in [4.78, 5) is 24.3. The molecule has 5 nitrogen and oxygen atoms in total. The van der Waals surface area contributed by atoms with Crippen LogP contribution in [0.4, 0.5) is 29.3 Å². The SMILES string of the molecule is O=C(NCC1CCCCC1)Nc1ccc(NC(=O)c2ccccc2)cc1C(F)(F)F. The summed E-state index contributed by atoms with van der Waals surface area (Å²) in [6.07, 6.45) is 0.753. The molecule has 0 saturated heterocycles. The fraction of sp³-hybridized carbons (Fsp3) is 0.364. The van der Waals surface area contributed by atoms with Crippen molar-refractivity contribution >= 4 is 23.3 Å². The van der Waals surface area contributed by atoms with Crippen LogP contribution in [0.15, 0.2) is 48.5 Å². The number of halogens is 3. The third kappa shape index (κ3) is 5.98. The molecule has 3 amide bonds. The predicted octanol–water partition coefficient (Wildman–Crippen LogP) is 5.66. The van der Waals surface area contributed by atoms with Gasteiger partial charge in [0, 0.05) is 17.8 Å². The number of alkyl halides is 3. The molecule has 1 aliphatic carbocycles. The highest BCUT2D eigenvalue weighted by atomic mass is 19.4. The minimum Gasteiger partial charge on any atom is -0.338 e. The van der Waals surface area contributed by atoms with E-state index >= 15 is 0 Å². The molecule has 0 unspecified atom stereocenters. The second-order valence-corrected chi connectivity index (χ2v) is 7.42. The molecule has 0 radical (unpaired) electrons. The number of hydrogen-bond donors (Lipinski definition) is 3. The minimum atomic E-state index is -4.69.